The molecule has 0 saturated heterocycles. The van der Waals surface area contributed by atoms with Crippen LogP contribution in [0.25, 0.3) is 0 Å². The van der Waals surface area contributed by atoms with Gasteiger partial charge in [-0.2, -0.15) is 0 Å². The smallest absolute Gasteiger partial charge is 0.184 e. The van der Waals surface area contributed by atoms with Crippen molar-refractivity contribution in [3.05, 3.63) is 108 Å². The first-order chi connectivity index (χ1) is 15.6. The molecule has 0 amide bonds. The maximum atomic E-state index is 14.0. The van der Waals surface area contributed by atoms with Crippen molar-refractivity contribution in [1.29, 1.82) is 0 Å². The predicted molar refractivity (Wildman–Crippen MR) is 129 cm³/mol. The molecule has 0 aliphatic carbocycles. The number of halogens is 1. The van der Waals surface area contributed by atoms with E-state index in [9.17, 15) is 14.4 Å². The standard InChI is InChI=1S/C28H27ClO3/c29-21-13-2-1-12-20-28(25(30)22-14-6-3-7-15-22,26(31)23-16-8-4-9-17-23)27(32)24-18-10-5-11-19-24/h3-11,14-19H,1-2,12-13,20-21H2. The van der Waals surface area contributed by atoms with Crippen LogP contribution in [0.5, 0.6) is 0 Å². The van der Waals surface area contributed by atoms with Crippen molar-refractivity contribution in [1.82, 2.24) is 0 Å². The highest BCUT2D eigenvalue weighted by Gasteiger charge is 2.52. The maximum absolute atomic E-state index is 14.0. The molecule has 0 radical (unpaired) electrons. The van der Waals surface area contributed by atoms with E-state index in [1.165, 1.54) is 0 Å². The molecule has 0 atom stereocenters. The lowest BCUT2D eigenvalue weighted by molar-refractivity contribution is 0.0570. The highest BCUT2D eigenvalue weighted by Crippen LogP contribution is 2.37. The van der Waals surface area contributed by atoms with E-state index in [4.69, 9.17) is 11.6 Å². The molecular weight excluding hydrogens is 420 g/mol. The van der Waals surface area contributed by atoms with Gasteiger partial charge in [0.2, 0.25) is 0 Å². The molecule has 3 rings (SSSR count). The van der Waals surface area contributed by atoms with Gasteiger partial charge >= 0.3 is 0 Å². The van der Waals surface area contributed by atoms with Gasteiger partial charge < -0.3 is 0 Å². The molecule has 0 bridgehead atoms. The van der Waals surface area contributed by atoms with E-state index in [2.05, 4.69) is 0 Å². The molecule has 3 aromatic rings. The minimum absolute atomic E-state index is 0.157. The van der Waals surface area contributed by atoms with E-state index in [0.717, 1.165) is 19.3 Å². The Morgan fingerprint density at radius 2 is 0.875 bits per heavy atom. The second kappa shape index (κ2) is 11.5. The number of carbonyl (C=O) groups excluding carboxylic acids is 3. The molecular formula is C28H27ClO3. The first kappa shape index (κ1) is 23.6. The van der Waals surface area contributed by atoms with Crippen LogP contribution in [0.3, 0.4) is 0 Å². The first-order valence-corrected chi connectivity index (χ1v) is 11.5. The van der Waals surface area contributed by atoms with E-state index < -0.39 is 22.8 Å². The van der Waals surface area contributed by atoms with Crippen molar-refractivity contribution < 1.29 is 14.4 Å². The van der Waals surface area contributed by atoms with E-state index >= 15 is 0 Å². The Hall–Kier alpha value is -3.04. The van der Waals surface area contributed by atoms with Crippen LogP contribution >= 0.6 is 11.6 Å². The molecule has 0 N–H and O–H groups in total. The molecule has 3 aromatic carbocycles. The van der Waals surface area contributed by atoms with Crippen LogP contribution in [0.1, 0.15) is 63.2 Å². The number of hydrogen-bond donors (Lipinski definition) is 0. The third kappa shape index (κ3) is 5.23. The summed E-state index contributed by atoms with van der Waals surface area (Å²) in [7, 11) is 0. The summed E-state index contributed by atoms with van der Waals surface area (Å²) < 4.78 is 0. The number of ketones is 3. The number of benzene rings is 3. The Morgan fingerprint density at radius 3 is 1.22 bits per heavy atom. The van der Waals surface area contributed by atoms with Gasteiger partial charge in [-0.05, 0) is 12.8 Å². The molecule has 0 fully saturated rings. The second-order valence-corrected chi connectivity index (χ2v) is 8.22. The molecule has 0 aliphatic rings. The average molecular weight is 447 g/mol. The molecule has 0 saturated carbocycles. The minimum atomic E-state index is -1.81. The highest BCUT2D eigenvalue weighted by atomic mass is 35.5. The number of unbranched alkanes of at least 4 members (excludes halogenated alkanes) is 3. The zero-order valence-electron chi connectivity index (χ0n) is 18.0. The number of rotatable bonds is 12. The number of hydrogen-bond acceptors (Lipinski definition) is 3. The largest absolute Gasteiger partial charge is 0.293 e. The Kier molecular flexibility index (Phi) is 8.52. The summed E-state index contributed by atoms with van der Waals surface area (Å²) in [5.41, 5.74) is -0.726. The van der Waals surface area contributed by atoms with Crippen molar-refractivity contribution >= 4 is 29.0 Å². The lowest BCUT2D eigenvalue weighted by Gasteiger charge is -2.30. The Bertz CT molecular complexity index is 905. The molecule has 0 aliphatic heterocycles. The van der Waals surface area contributed by atoms with Gasteiger partial charge in [-0.25, -0.2) is 0 Å². The predicted octanol–water partition coefficient (Wildman–Crippen LogP) is 6.81. The van der Waals surface area contributed by atoms with Crippen LogP contribution in [-0.4, -0.2) is 23.2 Å². The molecule has 164 valence electrons. The van der Waals surface area contributed by atoms with E-state index in [1.807, 2.05) is 18.2 Å². The number of Topliss-reactive ketones (excluding diaryl/α,β-unsaturated/α-hetero) is 3. The van der Waals surface area contributed by atoms with E-state index in [0.29, 0.717) is 29.0 Å². The summed E-state index contributed by atoms with van der Waals surface area (Å²) in [4.78, 5) is 41.9. The summed E-state index contributed by atoms with van der Waals surface area (Å²) in [6.07, 6.45) is 3.27. The van der Waals surface area contributed by atoms with Gasteiger partial charge in [0.05, 0.1) is 0 Å². The SMILES string of the molecule is O=C(c1ccccc1)C(CCCCCCCl)(C(=O)c1ccccc1)C(=O)c1ccccc1. The molecule has 32 heavy (non-hydrogen) atoms. The zero-order chi connectivity index (χ0) is 22.8. The maximum Gasteiger partial charge on any atom is 0.184 e. The average Bonchev–Trinajstić information content (AvgIpc) is 2.87. The minimum Gasteiger partial charge on any atom is -0.293 e. The zero-order valence-corrected chi connectivity index (χ0v) is 18.8. The van der Waals surface area contributed by atoms with E-state index in [1.54, 1.807) is 72.8 Å². The summed E-state index contributed by atoms with van der Waals surface area (Å²) >= 11 is 5.80. The van der Waals surface area contributed by atoms with Gasteiger partial charge in [0.25, 0.3) is 0 Å². The summed E-state index contributed by atoms with van der Waals surface area (Å²) in [5, 5.41) is 0. The van der Waals surface area contributed by atoms with Crippen LogP contribution in [0, 0.1) is 5.41 Å². The normalized spacial score (nSPS) is 11.2. The lowest BCUT2D eigenvalue weighted by Crippen LogP contribution is -2.46. The topological polar surface area (TPSA) is 51.2 Å². The third-order valence-corrected chi connectivity index (χ3v) is 5.97. The molecule has 0 aromatic heterocycles. The number of alkyl halides is 1. The highest BCUT2D eigenvalue weighted by molar-refractivity contribution is 6.35. The Morgan fingerprint density at radius 1 is 0.531 bits per heavy atom. The van der Waals surface area contributed by atoms with Gasteiger partial charge in [-0.1, -0.05) is 110 Å². The molecule has 0 spiro atoms. The lowest BCUT2D eigenvalue weighted by atomic mass is 9.66. The molecule has 3 nitrogen and oxygen atoms in total. The fourth-order valence-electron chi connectivity index (χ4n) is 4.00. The quantitative estimate of drug-likeness (QED) is 0.133. The van der Waals surface area contributed by atoms with E-state index in [-0.39, 0.29) is 6.42 Å². The Balaban J connectivity index is 2.13. The second-order valence-electron chi connectivity index (χ2n) is 7.84. The fraction of sp³-hybridized carbons (Fsp3) is 0.250. The monoisotopic (exact) mass is 446 g/mol. The molecule has 0 heterocycles. The van der Waals surface area contributed by atoms with Crippen molar-refractivity contribution in [3.8, 4) is 0 Å². The summed E-state index contributed by atoms with van der Waals surface area (Å²) in [6, 6.07) is 25.9. The fourth-order valence-corrected chi connectivity index (χ4v) is 4.18. The van der Waals surface area contributed by atoms with Gasteiger partial charge in [-0.15, -0.1) is 11.6 Å². The van der Waals surface area contributed by atoms with Crippen LogP contribution in [0.2, 0.25) is 0 Å². The van der Waals surface area contributed by atoms with Crippen molar-refractivity contribution in [2.75, 3.05) is 5.88 Å². The van der Waals surface area contributed by atoms with Gasteiger partial charge in [-0.3, -0.25) is 14.4 Å². The van der Waals surface area contributed by atoms with Crippen LogP contribution < -0.4 is 0 Å². The molecule has 0 unspecified atom stereocenters. The van der Waals surface area contributed by atoms with Gasteiger partial charge in [0, 0.05) is 22.6 Å². The van der Waals surface area contributed by atoms with Gasteiger partial charge in [0.15, 0.2) is 22.8 Å². The van der Waals surface area contributed by atoms with Crippen molar-refractivity contribution in [3.63, 3.8) is 0 Å². The third-order valence-electron chi connectivity index (χ3n) is 5.71. The van der Waals surface area contributed by atoms with Gasteiger partial charge in [0.1, 0.15) is 0 Å². The summed E-state index contributed by atoms with van der Waals surface area (Å²) in [6.45, 7) is 0. The first-order valence-electron chi connectivity index (χ1n) is 11.0. The van der Waals surface area contributed by atoms with Crippen LogP contribution in [0.15, 0.2) is 91.0 Å². The van der Waals surface area contributed by atoms with Crippen LogP contribution in [-0.2, 0) is 0 Å². The Labute approximate surface area is 194 Å². The van der Waals surface area contributed by atoms with Crippen molar-refractivity contribution in [2.45, 2.75) is 32.1 Å². The summed E-state index contributed by atoms with van der Waals surface area (Å²) in [5.74, 6) is -0.769. The molecule has 4 heteroatoms. The van der Waals surface area contributed by atoms with Crippen molar-refractivity contribution in [2.24, 2.45) is 5.41 Å². The van der Waals surface area contributed by atoms with Crippen LogP contribution in [0.4, 0.5) is 0 Å². The number of carbonyl (C=O) groups is 3.